The van der Waals surface area contributed by atoms with Crippen molar-refractivity contribution in [2.75, 3.05) is 33.4 Å². The van der Waals surface area contributed by atoms with E-state index in [1.54, 1.807) is 7.11 Å². The van der Waals surface area contributed by atoms with Gasteiger partial charge in [0.25, 0.3) is 0 Å². The lowest BCUT2D eigenvalue weighted by Crippen LogP contribution is -2.48. The van der Waals surface area contributed by atoms with Crippen LogP contribution in [0.2, 0.25) is 0 Å². The van der Waals surface area contributed by atoms with Crippen LogP contribution in [0.1, 0.15) is 51.3 Å². The molecule has 10 heteroatoms. The Morgan fingerprint density at radius 3 is 2.57 bits per heavy atom. The topological polar surface area (TPSA) is 83.7 Å². The fraction of sp³-hybridized carbons (Fsp3) is 0.800. The number of alkyl halides is 3. The van der Waals surface area contributed by atoms with Crippen molar-refractivity contribution >= 4 is 5.96 Å². The summed E-state index contributed by atoms with van der Waals surface area (Å²) in [6.07, 6.45) is 2.57. The first-order chi connectivity index (χ1) is 14.2. The lowest BCUT2D eigenvalue weighted by molar-refractivity contribution is -0.272. The second kappa shape index (κ2) is 10.5. The summed E-state index contributed by atoms with van der Waals surface area (Å²) in [5, 5.41) is 16.5. The third-order valence-electron chi connectivity index (χ3n) is 5.86. The molecular weight excluding hydrogens is 399 g/mol. The first-order valence-corrected chi connectivity index (χ1v) is 10.5. The second-order valence-electron chi connectivity index (χ2n) is 8.04. The van der Waals surface area contributed by atoms with E-state index < -0.39 is 24.0 Å². The van der Waals surface area contributed by atoms with Crippen LogP contribution >= 0.6 is 0 Å². The summed E-state index contributed by atoms with van der Waals surface area (Å²) in [6, 6.07) is 0. The van der Waals surface area contributed by atoms with Crippen LogP contribution in [0.15, 0.2) is 17.4 Å². The van der Waals surface area contributed by atoms with E-state index in [1.807, 2.05) is 6.92 Å². The number of ether oxygens (including phenoxy) is 1. The van der Waals surface area contributed by atoms with Crippen molar-refractivity contribution in [1.29, 1.82) is 0 Å². The van der Waals surface area contributed by atoms with Crippen LogP contribution in [0.3, 0.4) is 0 Å². The van der Waals surface area contributed by atoms with Crippen LogP contribution in [0, 0.1) is 5.41 Å². The number of halogens is 3. The molecule has 0 aromatic carbocycles. The molecule has 0 radical (unpaired) electrons. The molecule has 1 aromatic rings. The van der Waals surface area contributed by atoms with Gasteiger partial charge in [0, 0.05) is 59.2 Å². The average molecular weight is 434 g/mol. The Balaban J connectivity index is 2.05. The second-order valence-corrected chi connectivity index (χ2v) is 8.04. The van der Waals surface area contributed by atoms with E-state index in [9.17, 15) is 18.3 Å². The van der Waals surface area contributed by atoms with Gasteiger partial charge in [-0.25, -0.2) is 4.98 Å². The largest absolute Gasteiger partial charge is 0.424 e. The molecule has 172 valence electrons. The van der Waals surface area contributed by atoms with Crippen LogP contribution in [-0.4, -0.2) is 60.1 Å². The van der Waals surface area contributed by atoms with Crippen molar-refractivity contribution in [1.82, 2.24) is 20.2 Å². The molecular formula is C20H34F3N5O2. The number of methoxy groups -OCH3 is 1. The minimum absolute atomic E-state index is 0.0814. The number of imidazole rings is 1. The number of guanidine groups is 1. The van der Waals surface area contributed by atoms with Crippen molar-refractivity contribution in [3.8, 4) is 0 Å². The van der Waals surface area contributed by atoms with E-state index in [0.29, 0.717) is 25.7 Å². The van der Waals surface area contributed by atoms with Gasteiger partial charge in [0.2, 0.25) is 5.60 Å². The highest BCUT2D eigenvalue weighted by atomic mass is 19.4. The molecule has 1 saturated carbocycles. The van der Waals surface area contributed by atoms with E-state index in [1.165, 1.54) is 24.0 Å². The summed E-state index contributed by atoms with van der Waals surface area (Å²) < 4.78 is 47.4. The quantitative estimate of drug-likeness (QED) is 0.390. The Hall–Kier alpha value is -1.81. The molecule has 1 fully saturated rings. The monoisotopic (exact) mass is 433 g/mol. The fourth-order valence-corrected chi connectivity index (χ4v) is 4.03. The van der Waals surface area contributed by atoms with E-state index >= 15 is 0 Å². The predicted octanol–water partition coefficient (Wildman–Crippen LogP) is 2.71. The van der Waals surface area contributed by atoms with Crippen molar-refractivity contribution in [3.05, 3.63) is 18.2 Å². The van der Waals surface area contributed by atoms with E-state index in [4.69, 9.17) is 4.74 Å². The zero-order valence-electron chi connectivity index (χ0n) is 18.1. The van der Waals surface area contributed by atoms with E-state index in [0.717, 1.165) is 32.1 Å². The van der Waals surface area contributed by atoms with Gasteiger partial charge in [0.05, 0.1) is 0 Å². The number of hydrogen-bond acceptors (Lipinski definition) is 4. The number of hydrogen-bond donors (Lipinski definition) is 3. The molecule has 3 N–H and O–H groups in total. The lowest BCUT2D eigenvalue weighted by atomic mass is 9.83. The van der Waals surface area contributed by atoms with Gasteiger partial charge in [0.1, 0.15) is 5.82 Å². The van der Waals surface area contributed by atoms with Crippen LogP contribution in [0.4, 0.5) is 13.2 Å². The molecule has 1 unspecified atom stereocenters. The first kappa shape index (κ1) is 24.5. The Bertz CT molecular complexity index is 686. The Morgan fingerprint density at radius 1 is 1.33 bits per heavy atom. The van der Waals surface area contributed by atoms with Gasteiger partial charge in [0.15, 0.2) is 5.96 Å². The van der Waals surface area contributed by atoms with Gasteiger partial charge in [-0.15, -0.1) is 0 Å². The molecule has 1 atom stereocenters. The van der Waals surface area contributed by atoms with Crippen LogP contribution in [-0.2, 0) is 17.4 Å². The number of nitrogens with one attached hydrogen (secondary N) is 2. The van der Waals surface area contributed by atoms with Gasteiger partial charge in [-0.2, -0.15) is 13.2 Å². The van der Waals surface area contributed by atoms with Crippen LogP contribution < -0.4 is 10.6 Å². The van der Waals surface area contributed by atoms with Crippen molar-refractivity contribution in [2.45, 2.75) is 57.2 Å². The minimum atomic E-state index is -4.85. The molecule has 0 saturated heterocycles. The number of aromatic nitrogens is 2. The average Bonchev–Trinajstić information content (AvgIpc) is 3.33. The molecule has 1 aliphatic rings. The maximum atomic E-state index is 13.7. The van der Waals surface area contributed by atoms with E-state index in [-0.39, 0.29) is 12.0 Å². The zero-order chi connectivity index (χ0) is 22.3. The smallest absolute Gasteiger partial charge is 0.385 e. The third-order valence-corrected chi connectivity index (χ3v) is 5.86. The van der Waals surface area contributed by atoms with E-state index in [2.05, 4.69) is 20.6 Å². The lowest BCUT2D eigenvalue weighted by Gasteiger charge is -2.30. The molecule has 0 bridgehead atoms. The van der Waals surface area contributed by atoms with Gasteiger partial charge >= 0.3 is 6.18 Å². The summed E-state index contributed by atoms with van der Waals surface area (Å²) in [5.74, 6) is 0.0220. The predicted molar refractivity (Wildman–Crippen MR) is 109 cm³/mol. The SMILES string of the molecule is CCNC(=NCC1(CCOC)CCCC1)NCCC(O)(c1nccn1C)C(F)(F)F. The highest BCUT2D eigenvalue weighted by molar-refractivity contribution is 5.79. The molecule has 7 nitrogen and oxygen atoms in total. The molecule has 1 heterocycles. The summed E-state index contributed by atoms with van der Waals surface area (Å²) in [4.78, 5) is 8.36. The van der Waals surface area contributed by atoms with Crippen LogP contribution in [0.25, 0.3) is 0 Å². The molecule has 0 amide bonds. The Labute approximate surface area is 176 Å². The third kappa shape index (κ3) is 5.87. The van der Waals surface area contributed by atoms with Crippen molar-refractivity contribution < 1.29 is 23.0 Å². The van der Waals surface area contributed by atoms with Gasteiger partial charge in [-0.3, -0.25) is 4.99 Å². The summed E-state index contributed by atoms with van der Waals surface area (Å²) >= 11 is 0. The number of aliphatic imine (C=N–C) groups is 1. The normalized spacial score (nSPS) is 19.0. The first-order valence-electron chi connectivity index (χ1n) is 10.5. The highest BCUT2D eigenvalue weighted by Crippen LogP contribution is 2.42. The molecule has 1 aliphatic carbocycles. The maximum Gasteiger partial charge on any atom is 0.424 e. The van der Waals surface area contributed by atoms with Crippen LogP contribution in [0.5, 0.6) is 0 Å². The minimum Gasteiger partial charge on any atom is -0.385 e. The molecule has 1 aromatic heterocycles. The highest BCUT2D eigenvalue weighted by Gasteiger charge is 2.57. The molecule has 0 spiro atoms. The van der Waals surface area contributed by atoms with Gasteiger partial charge < -0.3 is 25.0 Å². The van der Waals surface area contributed by atoms with Gasteiger partial charge in [-0.1, -0.05) is 12.8 Å². The number of rotatable bonds is 10. The number of nitrogens with zero attached hydrogens (tertiary/aromatic N) is 3. The summed E-state index contributed by atoms with van der Waals surface area (Å²) in [5.41, 5.74) is -2.96. The molecule has 2 rings (SSSR count). The summed E-state index contributed by atoms with van der Waals surface area (Å²) in [7, 11) is 3.11. The molecule has 0 aliphatic heterocycles. The number of aryl methyl sites for hydroxylation is 1. The number of aliphatic hydroxyl groups is 1. The van der Waals surface area contributed by atoms with Gasteiger partial charge in [-0.05, 0) is 31.6 Å². The summed E-state index contributed by atoms with van der Waals surface area (Å²) in [6.45, 7) is 3.63. The van der Waals surface area contributed by atoms with Crippen molar-refractivity contribution in [3.63, 3.8) is 0 Å². The Morgan fingerprint density at radius 2 is 2.03 bits per heavy atom. The zero-order valence-corrected chi connectivity index (χ0v) is 18.1. The fourth-order valence-electron chi connectivity index (χ4n) is 4.03. The maximum absolute atomic E-state index is 13.7. The van der Waals surface area contributed by atoms with Crippen molar-refractivity contribution in [2.24, 2.45) is 17.5 Å². The Kier molecular flexibility index (Phi) is 8.54. The standard InChI is InChI=1S/C20H34F3N5O2/c1-4-24-17(27-15-18(10-14-30-3)7-5-6-8-18)26-11-9-19(29,20(21,22)23)16-25-12-13-28(16)2/h12-13,29H,4-11,14-15H2,1-3H3,(H2,24,26,27). The molecule has 30 heavy (non-hydrogen) atoms.